The Labute approximate surface area is 213 Å². The summed E-state index contributed by atoms with van der Waals surface area (Å²) < 4.78 is 23.5. The lowest BCUT2D eigenvalue weighted by atomic mass is 10.1. The van der Waals surface area contributed by atoms with E-state index in [-0.39, 0.29) is 25.5 Å². The van der Waals surface area contributed by atoms with Crippen molar-refractivity contribution < 1.29 is 33.0 Å². The smallest absolute Gasteiger partial charge is 0.392 e. The van der Waals surface area contributed by atoms with E-state index in [0.29, 0.717) is 13.0 Å². The van der Waals surface area contributed by atoms with Gasteiger partial charge in [0.1, 0.15) is 5.82 Å². The average molecular weight is 511 g/mol. The van der Waals surface area contributed by atoms with Crippen LogP contribution >= 0.6 is 0 Å². The van der Waals surface area contributed by atoms with E-state index in [1.165, 1.54) is 17.0 Å². The number of piperazine rings is 2. The number of anilines is 1. The van der Waals surface area contributed by atoms with Gasteiger partial charge in [0.05, 0.1) is 6.54 Å². The fourth-order valence-electron chi connectivity index (χ4n) is 4.87. The van der Waals surface area contributed by atoms with Crippen molar-refractivity contribution in [2.24, 2.45) is 0 Å². The second kappa shape index (κ2) is 10.3. The fraction of sp³-hybridized carbons (Fsp3) is 0.385. The molecule has 194 valence electrons. The lowest BCUT2D eigenvalue weighted by molar-refractivity contribution is -0.258. The summed E-state index contributed by atoms with van der Waals surface area (Å²) in [6, 6.07) is 15.4. The van der Waals surface area contributed by atoms with Gasteiger partial charge in [0, 0.05) is 45.0 Å². The molecule has 0 atom stereocenters. The molecule has 0 aromatic heterocycles. The Hall–Kier alpha value is -3.83. The predicted octanol–water partition coefficient (Wildman–Crippen LogP) is 0.963. The second-order valence-corrected chi connectivity index (χ2v) is 9.21. The van der Waals surface area contributed by atoms with Crippen molar-refractivity contribution in [3.05, 3.63) is 66.0 Å². The summed E-state index contributed by atoms with van der Waals surface area (Å²) in [6.07, 6.45) is 0.505. The molecule has 0 saturated carbocycles. The Morgan fingerprint density at radius 1 is 0.811 bits per heavy atom. The van der Waals surface area contributed by atoms with E-state index >= 15 is 0 Å². The quantitative estimate of drug-likeness (QED) is 0.306. The number of rotatable bonds is 7. The van der Waals surface area contributed by atoms with Gasteiger partial charge in [0.15, 0.2) is 0 Å². The molecule has 0 N–H and O–H groups in total. The number of carbonyl (C=O) groups excluding carboxylic acids is 4. The molecule has 2 aromatic carbocycles. The van der Waals surface area contributed by atoms with Gasteiger partial charge >= 0.3 is 23.8 Å². The molecule has 2 aromatic rings. The Morgan fingerprint density at radius 3 is 2.11 bits per heavy atom. The van der Waals surface area contributed by atoms with Crippen molar-refractivity contribution in [1.82, 2.24) is 14.7 Å². The SMILES string of the molecule is O=C1OC2(OC1=O)C(=O)N(CCCN1CCN(c3ccc(F)cc3)CC1)C(=O)CN2Cc1ccccc1. The van der Waals surface area contributed by atoms with Crippen LogP contribution in [-0.4, -0.2) is 90.2 Å². The maximum Gasteiger partial charge on any atom is 0.422 e. The number of halogens is 1. The van der Waals surface area contributed by atoms with Gasteiger partial charge in [-0.1, -0.05) is 30.3 Å². The van der Waals surface area contributed by atoms with Crippen molar-refractivity contribution in [3.63, 3.8) is 0 Å². The van der Waals surface area contributed by atoms with Gasteiger partial charge < -0.3 is 14.4 Å². The van der Waals surface area contributed by atoms with Crippen molar-refractivity contribution in [2.75, 3.05) is 50.7 Å². The van der Waals surface area contributed by atoms with E-state index in [0.717, 1.165) is 42.3 Å². The molecule has 5 rings (SSSR count). The first kappa shape index (κ1) is 24.8. The number of hydrogen-bond acceptors (Lipinski definition) is 9. The Morgan fingerprint density at radius 2 is 1.46 bits per heavy atom. The van der Waals surface area contributed by atoms with E-state index in [1.54, 1.807) is 36.4 Å². The zero-order valence-electron chi connectivity index (χ0n) is 20.2. The summed E-state index contributed by atoms with van der Waals surface area (Å²) in [5.74, 6) is -6.40. The van der Waals surface area contributed by atoms with Crippen LogP contribution in [0.3, 0.4) is 0 Å². The van der Waals surface area contributed by atoms with E-state index in [9.17, 15) is 23.6 Å². The maximum absolute atomic E-state index is 13.4. The lowest BCUT2D eigenvalue weighted by Crippen LogP contribution is -2.68. The fourth-order valence-corrected chi connectivity index (χ4v) is 4.87. The standard InChI is InChI=1S/C26H27FN4O6/c27-20-7-9-21(10-8-20)29-15-13-28(14-16-29)11-4-12-31-22(32)18-30(17-19-5-2-1-3-6-19)26(25(31)35)36-23(33)24(34)37-26/h1-3,5-10H,4,11-18H2. The van der Waals surface area contributed by atoms with Gasteiger partial charge in [-0.3, -0.25) is 19.4 Å². The third-order valence-electron chi connectivity index (χ3n) is 6.82. The normalized spacial score (nSPS) is 20.5. The third-order valence-corrected chi connectivity index (χ3v) is 6.82. The molecular formula is C26H27FN4O6. The van der Waals surface area contributed by atoms with E-state index in [2.05, 4.69) is 9.80 Å². The molecular weight excluding hydrogens is 483 g/mol. The van der Waals surface area contributed by atoms with Gasteiger partial charge in [-0.05, 0) is 42.8 Å². The molecule has 0 bridgehead atoms. The van der Waals surface area contributed by atoms with Crippen molar-refractivity contribution in [1.29, 1.82) is 0 Å². The molecule has 3 fully saturated rings. The highest BCUT2D eigenvalue weighted by molar-refractivity contribution is 6.32. The van der Waals surface area contributed by atoms with Crippen molar-refractivity contribution in [2.45, 2.75) is 18.9 Å². The number of ether oxygens (including phenoxy) is 2. The summed E-state index contributed by atoms with van der Waals surface area (Å²) >= 11 is 0. The summed E-state index contributed by atoms with van der Waals surface area (Å²) in [5.41, 5.74) is 1.73. The predicted molar refractivity (Wildman–Crippen MR) is 128 cm³/mol. The molecule has 11 heteroatoms. The first-order valence-electron chi connectivity index (χ1n) is 12.2. The number of nitrogens with zero attached hydrogens (tertiary/aromatic N) is 4. The van der Waals surface area contributed by atoms with E-state index in [4.69, 9.17) is 9.47 Å². The molecule has 3 saturated heterocycles. The minimum Gasteiger partial charge on any atom is -0.392 e. The number of amides is 2. The monoisotopic (exact) mass is 510 g/mol. The molecule has 0 unspecified atom stereocenters. The molecule has 37 heavy (non-hydrogen) atoms. The minimum absolute atomic E-state index is 0.0745. The number of benzene rings is 2. The Bertz CT molecular complexity index is 1170. The largest absolute Gasteiger partial charge is 0.422 e. The van der Waals surface area contributed by atoms with Crippen molar-refractivity contribution >= 4 is 29.4 Å². The van der Waals surface area contributed by atoms with Gasteiger partial charge in [-0.25, -0.2) is 18.9 Å². The van der Waals surface area contributed by atoms with E-state index < -0.39 is 29.7 Å². The molecule has 10 nitrogen and oxygen atoms in total. The van der Waals surface area contributed by atoms with E-state index in [1.807, 2.05) is 6.07 Å². The summed E-state index contributed by atoms with van der Waals surface area (Å²) in [5, 5.41) is 0. The number of hydrogen-bond donors (Lipinski definition) is 0. The molecule has 3 aliphatic rings. The number of carbonyl (C=O) groups is 4. The highest BCUT2D eigenvalue weighted by Gasteiger charge is 2.64. The first-order chi connectivity index (χ1) is 17.9. The Balaban J connectivity index is 1.19. The van der Waals surface area contributed by atoms with Crippen LogP contribution in [0.5, 0.6) is 0 Å². The molecule has 0 radical (unpaired) electrons. The minimum atomic E-state index is -2.28. The van der Waals surface area contributed by atoms with Crippen LogP contribution in [-0.2, 0) is 35.2 Å². The summed E-state index contributed by atoms with van der Waals surface area (Å²) in [6.45, 7) is 3.68. The molecule has 0 aliphatic carbocycles. The van der Waals surface area contributed by atoms with Gasteiger partial charge in [0.25, 0.3) is 0 Å². The van der Waals surface area contributed by atoms with Crippen LogP contribution in [0.1, 0.15) is 12.0 Å². The highest BCUT2D eigenvalue weighted by atomic mass is 19.1. The van der Waals surface area contributed by atoms with Gasteiger partial charge in [-0.15, -0.1) is 0 Å². The number of esters is 2. The van der Waals surface area contributed by atoms with Gasteiger partial charge in [0.2, 0.25) is 5.91 Å². The van der Waals surface area contributed by atoms with Crippen molar-refractivity contribution in [3.8, 4) is 0 Å². The molecule has 3 heterocycles. The highest BCUT2D eigenvalue weighted by Crippen LogP contribution is 2.33. The summed E-state index contributed by atoms with van der Waals surface area (Å²) in [7, 11) is 0. The zero-order valence-corrected chi connectivity index (χ0v) is 20.2. The lowest BCUT2D eigenvalue weighted by Gasteiger charge is -2.42. The van der Waals surface area contributed by atoms with Crippen LogP contribution in [0.25, 0.3) is 0 Å². The first-order valence-corrected chi connectivity index (χ1v) is 12.2. The van der Waals surface area contributed by atoms with Crippen LogP contribution in [0.15, 0.2) is 54.6 Å². The molecule has 1 spiro atoms. The average Bonchev–Trinajstić information content (AvgIpc) is 3.21. The van der Waals surface area contributed by atoms with Crippen LogP contribution < -0.4 is 4.90 Å². The van der Waals surface area contributed by atoms with Gasteiger partial charge in [-0.2, -0.15) is 0 Å². The molecule has 2 amide bonds. The third kappa shape index (κ3) is 5.05. The maximum atomic E-state index is 13.4. The second-order valence-electron chi connectivity index (χ2n) is 9.21. The molecule has 3 aliphatic heterocycles. The number of imide groups is 1. The zero-order chi connectivity index (χ0) is 26.0. The van der Waals surface area contributed by atoms with Crippen LogP contribution in [0.2, 0.25) is 0 Å². The van der Waals surface area contributed by atoms with Crippen LogP contribution in [0.4, 0.5) is 10.1 Å². The van der Waals surface area contributed by atoms with Crippen LogP contribution in [0, 0.1) is 5.82 Å². The summed E-state index contributed by atoms with van der Waals surface area (Å²) in [4.78, 5) is 56.9. The topological polar surface area (TPSA) is 99.7 Å². The Kier molecular flexibility index (Phi) is 6.90.